The molecule has 0 bridgehead atoms. The third kappa shape index (κ3) is 5.62. The van der Waals surface area contributed by atoms with E-state index in [0.717, 1.165) is 16.4 Å². The van der Waals surface area contributed by atoms with Crippen LogP contribution in [0, 0.1) is 0 Å². The first-order valence-electron chi connectivity index (χ1n) is 10.2. The van der Waals surface area contributed by atoms with Crippen molar-refractivity contribution in [3.8, 4) is 0 Å². The fourth-order valence-corrected chi connectivity index (χ4v) is 4.86. The number of fused-ring (bicyclic) bond motifs is 1. The van der Waals surface area contributed by atoms with Crippen molar-refractivity contribution >= 4 is 57.9 Å². The van der Waals surface area contributed by atoms with Crippen LogP contribution in [-0.2, 0) is 28.8 Å². The number of β-lactam (4-membered cyclic amide) rings is 1. The molecule has 3 atom stereocenters. The number of nitrogen functional groups attached to an aromatic ring is 1. The average molecular weight is 525 g/mol. The first kappa shape index (κ1) is 26.2. The SMILES string of the molecule is C=CC1=C(C(=O)O)N2C(=O)C(NC(=O)C(=NOC(C)C(=O)OC(C)(C)C)c3nsc(N)n3)[C@H]2SC1. The van der Waals surface area contributed by atoms with Gasteiger partial charge in [0.1, 0.15) is 22.7 Å². The molecule has 0 aliphatic carbocycles. The molecule has 15 heteroatoms. The van der Waals surface area contributed by atoms with Gasteiger partial charge in [-0.15, -0.1) is 11.8 Å². The zero-order valence-electron chi connectivity index (χ0n) is 19.3. The van der Waals surface area contributed by atoms with Crippen LogP contribution in [0.5, 0.6) is 0 Å². The van der Waals surface area contributed by atoms with Gasteiger partial charge in [0, 0.05) is 17.3 Å². The van der Waals surface area contributed by atoms with Crippen molar-refractivity contribution in [1.29, 1.82) is 0 Å². The Balaban J connectivity index is 1.79. The summed E-state index contributed by atoms with van der Waals surface area (Å²) in [6.45, 7) is 10.0. The highest BCUT2D eigenvalue weighted by molar-refractivity contribution is 8.00. The molecule has 0 radical (unpaired) electrons. The number of nitrogens with one attached hydrogen (secondary N) is 1. The second kappa shape index (κ2) is 10.0. The van der Waals surface area contributed by atoms with E-state index in [1.165, 1.54) is 24.8 Å². The second-order valence-electron chi connectivity index (χ2n) is 8.42. The molecule has 2 amide bonds. The Morgan fingerprint density at radius 2 is 2.09 bits per heavy atom. The number of anilines is 1. The Hall–Kier alpha value is -3.46. The summed E-state index contributed by atoms with van der Waals surface area (Å²) in [5.41, 5.74) is 4.68. The lowest BCUT2D eigenvalue weighted by molar-refractivity contribution is -0.167. The predicted molar refractivity (Wildman–Crippen MR) is 127 cm³/mol. The number of thioether (sulfide) groups is 1. The molecule has 0 saturated carbocycles. The number of hydrogen-bond acceptors (Lipinski definition) is 12. The molecule has 13 nitrogen and oxygen atoms in total. The maximum Gasteiger partial charge on any atom is 0.352 e. The summed E-state index contributed by atoms with van der Waals surface area (Å²) in [6, 6.07) is -1.03. The van der Waals surface area contributed by atoms with Crippen LogP contribution >= 0.6 is 23.3 Å². The van der Waals surface area contributed by atoms with Gasteiger partial charge in [-0.3, -0.25) is 14.5 Å². The van der Waals surface area contributed by atoms with Gasteiger partial charge in [0.05, 0.1) is 0 Å². The summed E-state index contributed by atoms with van der Waals surface area (Å²) in [4.78, 5) is 59.8. The maximum absolute atomic E-state index is 13.0. The van der Waals surface area contributed by atoms with Gasteiger partial charge in [-0.25, -0.2) is 9.59 Å². The van der Waals surface area contributed by atoms with Gasteiger partial charge in [-0.1, -0.05) is 17.8 Å². The van der Waals surface area contributed by atoms with Crippen LogP contribution in [0.25, 0.3) is 0 Å². The molecule has 3 rings (SSSR count). The van der Waals surface area contributed by atoms with Crippen LogP contribution < -0.4 is 11.1 Å². The van der Waals surface area contributed by atoms with Gasteiger partial charge >= 0.3 is 11.9 Å². The maximum atomic E-state index is 13.0. The number of amides is 2. The number of rotatable bonds is 8. The van der Waals surface area contributed by atoms with E-state index >= 15 is 0 Å². The number of carbonyl (C=O) groups excluding carboxylic acids is 3. The Kier molecular flexibility index (Phi) is 7.50. The van der Waals surface area contributed by atoms with Gasteiger partial charge < -0.3 is 25.7 Å². The van der Waals surface area contributed by atoms with Crippen LogP contribution in [0.3, 0.4) is 0 Å². The monoisotopic (exact) mass is 524 g/mol. The number of nitrogens with zero attached hydrogens (tertiary/aromatic N) is 4. The minimum Gasteiger partial charge on any atom is -0.477 e. The molecule has 35 heavy (non-hydrogen) atoms. The highest BCUT2D eigenvalue weighted by Crippen LogP contribution is 2.40. The van der Waals surface area contributed by atoms with Gasteiger partial charge in [0.25, 0.3) is 11.8 Å². The van der Waals surface area contributed by atoms with E-state index in [1.807, 2.05) is 0 Å². The van der Waals surface area contributed by atoms with E-state index in [-0.39, 0.29) is 16.7 Å². The first-order chi connectivity index (χ1) is 16.3. The quantitative estimate of drug-likeness (QED) is 0.186. The lowest BCUT2D eigenvalue weighted by atomic mass is 10.0. The van der Waals surface area contributed by atoms with Crippen LogP contribution in [0.1, 0.15) is 33.5 Å². The molecule has 0 spiro atoms. The number of aliphatic carboxylic acids is 1. The average Bonchev–Trinajstić information content (AvgIpc) is 3.20. The molecule has 0 aromatic carbocycles. The number of carboxylic acids is 1. The largest absolute Gasteiger partial charge is 0.477 e. The molecule has 1 aromatic rings. The first-order valence-corrected chi connectivity index (χ1v) is 12.1. The topological polar surface area (TPSA) is 186 Å². The molecular formula is C20H24N6O7S2. The molecule has 1 aromatic heterocycles. The number of oxime groups is 1. The van der Waals surface area contributed by atoms with Gasteiger partial charge in [-0.05, 0) is 33.3 Å². The minimum absolute atomic E-state index is 0.0580. The Morgan fingerprint density at radius 1 is 1.40 bits per heavy atom. The summed E-state index contributed by atoms with van der Waals surface area (Å²) >= 11 is 2.09. The number of aromatic nitrogens is 2. The smallest absolute Gasteiger partial charge is 0.352 e. The Morgan fingerprint density at radius 3 is 2.63 bits per heavy atom. The zero-order valence-corrected chi connectivity index (χ0v) is 20.9. The molecule has 2 unspecified atom stereocenters. The standard InChI is InChI=1S/C20H24N6O7S2/c1-6-9-7-34-16-11(15(28)26(16)12(9)17(29)30)22-14(27)10(13-23-19(21)35-25-13)24-33-8(2)18(31)32-20(3,4)5/h6,8,11,16H,1,7H2,2-5H3,(H,22,27)(H,29,30)(H2,21,23,25)/t8?,11?,16-/m1/s1. The molecule has 1 fully saturated rings. The van der Waals surface area contributed by atoms with Crippen molar-refractivity contribution in [1.82, 2.24) is 19.6 Å². The molecule has 1 saturated heterocycles. The normalized spacial score (nSPS) is 21.0. The highest BCUT2D eigenvalue weighted by Gasteiger charge is 2.54. The number of hydrogen-bond donors (Lipinski definition) is 3. The van der Waals surface area contributed by atoms with Crippen molar-refractivity contribution in [2.75, 3.05) is 11.5 Å². The number of carboxylic acid groups (broad SMARTS) is 1. The third-order valence-corrected chi connectivity index (χ3v) is 6.49. The molecule has 188 valence electrons. The van der Waals surface area contributed by atoms with Crippen molar-refractivity contribution in [3.63, 3.8) is 0 Å². The molecule has 2 aliphatic heterocycles. The summed E-state index contributed by atoms with van der Waals surface area (Å²) in [7, 11) is 0. The summed E-state index contributed by atoms with van der Waals surface area (Å²) in [6.07, 6.45) is 0.223. The summed E-state index contributed by atoms with van der Waals surface area (Å²) < 4.78 is 9.17. The van der Waals surface area contributed by atoms with Gasteiger partial charge in [0.2, 0.25) is 17.6 Å². The second-order valence-corrected chi connectivity index (χ2v) is 10.3. The van der Waals surface area contributed by atoms with Crippen molar-refractivity contribution in [2.45, 2.75) is 50.8 Å². The highest BCUT2D eigenvalue weighted by atomic mass is 32.2. The van der Waals surface area contributed by atoms with E-state index in [2.05, 4.69) is 26.4 Å². The van der Waals surface area contributed by atoms with Crippen LogP contribution in [-0.4, -0.2) is 77.7 Å². The van der Waals surface area contributed by atoms with Gasteiger partial charge in [0.15, 0.2) is 5.13 Å². The fraction of sp³-hybridized carbons (Fsp3) is 0.450. The number of carbonyl (C=O) groups is 4. The Bertz CT molecular complexity index is 1140. The Labute approximate surface area is 208 Å². The number of nitrogens with two attached hydrogens (primary N) is 1. The summed E-state index contributed by atoms with van der Waals surface area (Å²) in [5, 5.41) is 15.2. The minimum atomic E-state index is -1.27. The molecular weight excluding hydrogens is 500 g/mol. The summed E-state index contributed by atoms with van der Waals surface area (Å²) in [5.74, 6) is -3.32. The zero-order chi connectivity index (χ0) is 26.1. The van der Waals surface area contributed by atoms with Crippen molar-refractivity contribution in [3.05, 3.63) is 29.7 Å². The number of ether oxygens (including phenoxy) is 1. The molecule has 3 heterocycles. The van der Waals surface area contributed by atoms with Crippen molar-refractivity contribution in [2.24, 2.45) is 5.16 Å². The number of allylic oxidation sites excluding steroid dienone is 1. The third-order valence-electron chi connectivity index (χ3n) is 4.64. The van der Waals surface area contributed by atoms with Crippen LogP contribution in [0.2, 0.25) is 0 Å². The van der Waals surface area contributed by atoms with Crippen LogP contribution in [0.15, 0.2) is 29.1 Å². The van der Waals surface area contributed by atoms with Crippen molar-refractivity contribution < 1.29 is 33.9 Å². The van der Waals surface area contributed by atoms with E-state index < -0.39 is 52.6 Å². The van der Waals surface area contributed by atoms with E-state index in [0.29, 0.717) is 11.3 Å². The lowest BCUT2D eigenvalue weighted by Crippen LogP contribution is -2.71. The fourth-order valence-electron chi connectivity index (χ4n) is 3.08. The van der Waals surface area contributed by atoms with E-state index in [4.69, 9.17) is 15.3 Å². The molecule has 4 N–H and O–H groups in total. The molecule has 2 aliphatic rings. The lowest BCUT2D eigenvalue weighted by Gasteiger charge is -2.49. The number of esters is 1. The van der Waals surface area contributed by atoms with E-state index in [9.17, 15) is 24.3 Å². The predicted octanol–water partition coefficient (Wildman–Crippen LogP) is 0.496. The van der Waals surface area contributed by atoms with Crippen LogP contribution in [0.4, 0.5) is 5.13 Å². The van der Waals surface area contributed by atoms with E-state index in [1.54, 1.807) is 20.8 Å². The van der Waals surface area contributed by atoms with Gasteiger partial charge in [-0.2, -0.15) is 9.36 Å².